The highest BCUT2D eigenvalue weighted by Crippen LogP contribution is 2.45. The van der Waals surface area contributed by atoms with Gasteiger partial charge in [-0.3, -0.25) is 14.8 Å². The summed E-state index contributed by atoms with van der Waals surface area (Å²) in [5.41, 5.74) is 1.76. The van der Waals surface area contributed by atoms with E-state index in [9.17, 15) is 9.90 Å². The van der Waals surface area contributed by atoms with Crippen LogP contribution >= 0.6 is 23.2 Å². The molecule has 1 fully saturated rings. The van der Waals surface area contributed by atoms with Gasteiger partial charge in [-0.2, -0.15) is 0 Å². The number of aliphatic hydroxyl groups excluding tert-OH is 1. The first kappa shape index (κ1) is 27.4. The minimum Gasteiger partial charge on any atom is -0.496 e. The van der Waals surface area contributed by atoms with E-state index in [0.29, 0.717) is 42.8 Å². The van der Waals surface area contributed by atoms with E-state index in [1.807, 2.05) is 24.3 Å². The standard InChI is InChI=1S/C29H29Cl2FN4O3/c1-39-24-4-2-3-23(32)25(24)28-33-26(19-5-9-21(30)10-6-19)27(20-7-11-22(31)12-8-20)36(28)29(38)35-15-13-34(14-16-35)17-18-37/h2-12,26-27,37H,13-18H2,1H3/t26-,27+/m1/s1. The summed E-state index contributed by atoms with van der Waals surface area (Å²) in [6.07, 6.45) is 0. The van der Waals surface area contributed by atoms with Crippen LogP contribution in [0.3, 0.4) is 0 Å². The Morgan fingerprint density at radius 1 is 0.974 bits per heavy atom. The first-order valence-electron chi connectivity index (χ1n) is 12.7. The number of hydrogen-bond donors (Lipinski definition) is 1. The molecule has 0 radical (unpaired) electrons. The van der Waals surface area contributed by atoms with Crippen LogP contribution in [-0.4, -0.2) is 78.1 Å². The van der Waals surface area contributed by atoms with Crippen LogP contribution in [0.25, 0.3) is 0 Å². The van der Waals surface area contributed by atoms with Gasteiger partial charge in [0, 0.05) is 42.8 Å². The number of benzene rings is 3. The summed E-state index contributed by atoms with van der Waals surface area (Å²) in [5.74, 6) is -0.0520. The maximum atomic E-state index is 15.5. The van der Waals surface area contributed by atoms with Crippen LogP contribution in [0.1, 0.15) is 28.8 Å². The number of ether oxygens (including phenoxy) is 1. The molecule has 0 bridgehead atoms. The summed E-state index contributed by atoms with van der Waals surface area (Å²) >= 11 is 12.4. The lowest BCUT2D eigenvalue weighted by atomic mass is 9.93. The SMILES string of the molecule is COc1cccc(F)c1C1=N[C@H](c2ccc(Cl)cc2)[C@H](c2ccc(Cl)cc2)N1C(=O)N1CCN(CCO)CC1. The third-order valence-corrected chi connectivity index (χ3v) is 7.68. The fraction of sp³-hybridized carbons (Fsp3) is 0.310. The van der Waals surface area contributed by atoms with E-state index in [1.54, 1.807) is 46.2 Å². The van der Waals surface area contributed by atoms with Crippen molar-refractivity contribution in [2.24, 2.45) is 4.99 Å². The molecule has 3 aromatic carbocycles. The number of carbonyl (C=O) groups excluding carboxylic acids is 1. The summed E-state index contributed by atoms with van der Waals surface area (Å²) in [6.45, 7) is 2.80. The molecule has 204 valence electrons. The average Bonchev–Trinajstić information content (AvgIpc) is 3.34. The van der Waals surface area contributed by atoms with E-state index in [4.69, 9.17) is 32.9 Å². The third kappa shape index (κ3) is 5.61. The van der Waals surface area contributed by atoms with Gasteiger partial charge >= 0.3 is 6.03 Å². The minimum absolute atomic E-state index is 0.0609. The third-order valence-electron chi connectivity index (χ3n) is 7.17. The van der Waals surface area contributed by atoms with Crippen molar-refractivity contribution in [2.75, 3.05) is 46.4 Å². The largest absolute Gasteiger partial charge is 0.496 e. The molecule has 2 amide bonds. The van der Waals surface area contributed by atoms with Gasteiger partial charge in [0.1, 0.15) is 23.4 Å². The van der Waals surface area contributed by atoms with Crippen molar-refractivity contribution >= 4 is 35.1 Å². The number of rotatable bonds is 6. The number of amides is 2. The van der Waals surface area contributed by atoms with Gasteiger partial charge < -0.3 is 14.7 Å². The molecule has 2 heterocycles. The number of amidine groups is 1. The fourth-order valence-corrected chi connectivity index (χ4v) is 5.44. The first-order chi connectivity index (χ1) is 18.9. The van der Waals surface area contributed by atoms with Crippen LogP contribution in [0, 0.1) is 5.82 Å². The number of aliphatic hydroxyl groups is 1. The van der Waals surface area contributed by atoms with Gasteiger partial charge in [0.15, 0.2) is 0 Å². The Morgan fingerprint density at radius 3 is 2.18 bits per heavy atom. The van der Waals surface area contributed by atoms with Gasteiger partial charge in [-0.15, -0.1) is 0 Å². The van der Waals surface area contributed by atoms with Crippen molar-refractivity contribution in [1.29, 1.82) is 0 Å². The number of piperazine rings is 1. The molecule has 2 atom stereocenters. The van der Waals surface area contributed by atoms with E-state index in [-0.39, 0.29) is 29.8 Å². The molecule has 3 aromatic rings. The Morgan fingerprint density at radius 2 is 1.59 bits per heavy atom. The highest BCUT2D eigenvalue weighted by molar-refractivity contribution is 6.30. The van der Waals surface area contributed by atoms with E-state index in [2.05, 4.69) is 4.90 Å². The Hall–Kier alpha value is -3.17. The van der Waals surface area contributed by atoms with Crippen molar-refractivity contribution in [3.8, 4) is 5.75 Å². The smallest absolute Gasteiger partial charge is 0.326 e. The van der Waals surface area contributed by atoms with Crippen LogP contribution in [0.2, 0.25) is 10.0 Å². The molecule has 2 aliphatic heterocycles. The monoisotopic (exact) mass is 570 g/mol. The Balaban J connectivity index is 1.64. The van der Waals surface area contributed by atoms with Crippen LogP contribution in [-0.2, 0) is 0 Å². The molecule has 7 nitrogen and oxygen atoms in total. The van der Waals surface area contributed by atoms with E-state index in [0.717, 1.165) is 11.1 Å². The number of nitrogens with zero attached hydrogens (tertiary/aromatic N) is 4. The second kappa shape index (κ2) is 11.9. The number of carbonyl (C=O) groups is 1. The quantitative estimate of drug-likeness (QED) is 0.430. The molecule has 0 unspecified atom stereocenters. The maximum absolute atomic E-state index is 15.5. The molecule has 0 aromatic heterocycles. The van der Waals surface area contributed by atoms with Gasteiger partial charge in [-0.05, 0) is 47.5 Å². The number of β-amino-alcohol motifs (C(OH)–C–C–N with tert-alkyl or cyclic N) is 1. The molecule has 1 saturated heterocycles. The first-order valence-corrected chi connectivity index (χ1v) is 13.5. The Bertz CT molecular complexity index is 1350. The molecule has 0 spiro atoms. The van der Waals surface area contributed by atoms with Crippen molar-refractivity contribution in [3.63, 3.8) is 0 Å². The van der Waals surface area contributed by atoms with Crippen molar-refractivity contribution in [3.05, 3.63) is 99.3 Å². The zero-order valence-corrected chi connectivity index (χ0v) is 22.9. The van der Waals surface area contributed by atoms with Gasteiger partial charge in [0.25, 0.3) is 0 Å². The van der Waals surface area contributed by atoms with Crippen LogP contribution in [0.15, 0.2) is 71.7 Å². The van der Waals surface area contributed by atoms with Gasteiger partial charge in [0.2, 0.25) is 0 Å². The molecule has 0 aliphatic carbocycles. The summed E-state index contributed by atoms with van der Waals surface area (Å²) in [6, 6.07) is 17.7. The predicted molar refractivity (Wildman–Crippen MR) is 150 cm³/mol. The highest BCUT2D eigenvalue weighted by Gasteiger charge is 2.45. The molecule has 2 aliphatic rings. The molecule has 10 heteroatoms. The van der Waals surface area contributed by atoms with Crippen molar-refractivity contribution in [1.82, 2.24) is 14.7 Å². The van der Waals surface area contributed by atoms with E-state index < -0.39 is 17.9 Å². The van der Waals surface area contributed by atoms with Crippen molar-refractivity contribution < 1.29 is 19.0 Å². The fourth-order valence-electron chi connectivity index (χ4n) is 5.19. The van der Waals surface area contributed by atoms with E-state index >= 15 is 4.39 Å². The molecular formula is C29H29Cl2FN4O3. The summed E-state index contributed by atoms with van der Waals surface area (Å²) in [5, 5.41) is 10.5. The maximum Gasteiger partial charge on any atom is 0.326 e. The molecule has 0 saturated carbocycles. The summed E-state index contributed by atoms with van der Waals surface area (Å²) in [7, 11) is 1.47. The number of hydrogen-bond acceptors (Lipinski definition) is 5. The summed E-state index contributed by atoms with van der Waals surface area (Å²) < 4.78 is 21.0. The number of urea groups is 1. The molecular weight excluding hydrogens is 542 g/mol. The van der Waals surface area contributed by atoms with Crippen molar-refractivity contribution in [2.45, 2.75) is 12.1 Å². The number of methoxy groups -OCH3 is 1. The molecule has 5 rings (SSSR count). The lowest BCUT2D eigenvalue weighted by Gasteiger charge is -2.39. The second-order valence-electron chi connectivity index (χ2n) is 9.47. The minimum atomic E-state index is -0.578. The molecule has 39 heavy (non-hydrogen) atoms. The van der Waals surface area contributed by atoms with Crippen LogP contribution in [0.5, 0.6) is 5.75 Å². The lowest BCUT2D eigenvalue weighted by Crippen LogP contribution is -2.54. The normalized spacial score (nSPS) is 19.8. The Kier molecular flexibility index (Phi) is 8.37. The Labute approximate surface area is 237 Å². The topological polar surface area (TPSA) is 68.6 Å². The zero-order valence-electron chi connectivity index (χ0n) is 21.4. The van der Waals surface area contributed by atoms with Crippen LogP contribution in [0.4, 0.5) is 9.18 Å². The molecule has 1 N–H and O–H groups in total. The lowest BCUT2D eigenvalue weighted by molar-refractivity contribution is 0.108. The van der Waals surface area contributed by atoms with E-state index in [1.165, 1.54) is 13.2 Å². The van der Waals surface area contributed by atoms with Gasteiger partial charge in [-0.25, -0.2) is 9.18 Å². The number of halogens is 3. The second-order valence-corrected chi connectivity index (χ2v) is 10.3. The summed E-state index contributed by atoms with van der Waals surface area (Å²) in [4.78, 5) is 24.8. The average molecular weight is 571 g/mol. The number of aliphatic imine (C=N–C) groups is 1. The predicted octanol–water partition coefficient (Wildman–Crippen LogP) is 5.42. The highest BCUT2D eigenvalue weighted by atomic mass is 35.5. The van der Waals surface area contributed by atoms with Gasteiger partial charge in [0.05, 0.1) is 25.3 Å². The zero-order chi connectivity index (χ0) is 27.5. The van der Waals surface area contributed by atoms with Gasteiger partial charge in [-0.1, -0.05) is 53.5 Å². The van der Waals surface area contributed by atoms with Crippen LogP contribution < -0.4 is 4.74 Å².